The SMILES string of the molecule is COc1ccc(S(=O)(=O)N2C(=O)C(c3cc(CCN4CCCC4)ccc3OC)(N3C[C@H](O)C[C@H]3C(=O)N(C)C)c3cc(F)ccc32)c(OC)c1. The second-order valence-corrected chi connectivity index (χ2v) is 14.8. The van der Waals surface area contributed by atoms with Gasteiger partial charge in [-0.25, -0.2) is 17.1 Å². The third-order valence-corrected chi connectivity index (χ3v) is 11.7. The first-order chi connectivity index (χ1) is 23.9. The molecule has 3 atom stereocenters. The second kappa shape index (κ2) is 13.8. The van der Waals surface area contributed by atoms with Crippen molar-refractivity contribution in [3.63, 3.8) is 0 Å². The van der Waals surface area contributed by atoms with E-state index >= 15 is 9.18 Å². The van der Waals surface area contributed by atoms with Crippen LogP contribution in [0.4, 0.5) is 10.1 Å². The largest absolute Gasteiger partial charge is 0.497 e. The van der Waals surface area contributed by atoms with Crippen LogP contribution in [0.3, 0.4) is 0 Å². The Bertz CT molecular complexity index is 1900. The average Bonchev–Trinajstić information content (AvgIpc) is 3.83. The molecule has 3 aliphatic rings. The third-order valence-electron chi connectivity index (χ3n) is 9.95. The highest BCUT2D eigenvalue weighted by atomic mass is 32.2. The number of carbonyl (C=O) groups is 2. The highest BCUT2D eigenvalue weighted by Crippen LogP contribution is 2.55. The molecule has 1 unspecified atom stereocenters. The number of likely N-dealkylation sites (tertiary alicyclic amines) is 2. The van der Waals surface area contributed by atoms with Crippen LogP contribution >= 0.6 is 0 Å². The molecule has 0 radical (unpaired) electrons. The molecule has 2 amide bonds. The van der Waals surface area contributed by atoms with Crippen LogP contribution in [-0.4, -0.2) is 114 Å². The number of methoxy groups -OCH3 is 3. The van der Waals surface area contributed by atoms with Gasteiger partial charge < -0.3 is 29.1 Å². The summed E-state index contributed by atoms with van der Waals surface area (Å²) in [5, 5.41) is 11.1. The van der Waals surface area contributed by atoms with E-state index in [-0.39, 0.29) is 46.2 Å². The van der Waals surface area contributed by atoms with Crippen LogP contribution in [0, 0.1) is 5.82 Å². The lowest BCUT2D eigenvalue weighted by atomic mass is 9.80. The number of sulfonamides is 1. The van der Waals surface area contributed by atoms with Gasteiger partial charge in [0.1, 0.15) is 28.0 Å². The third kappa shape index (κ3) is 5.87. The molecule has 3 aromatic rings. The standard InChI is InChI=1S/C36H43FN4O8S/c1-38(2)34(43)30-20-25(42)22-40(30)36(28-18-23(8-12-31(28)48-4)14-17-39-15-6-7-16-39)27-19-24(37)9-11-29(27)41(35(36)44)50(45,46)33-13-10-26(47-3)21-32(33)49-5/h8-13,18-19,21,25,30,42H,6-7,14-17,20,22H2,1-5H3/t25-,30+,36?/m1/s1. The molecule has 2 saturated heterocycles. The zero-order valence-electron chi connectivity index (χ0n) is 28.9. The molecule has 3 heterocycles. The normalized spacial score (nSPS) is 22.5. The fraction of sp³-hybridized carbons (Fsp3) is 0.444. The molecule has 268 valence electrons. The smallest absolute Gasteiger partial charge is 0.274 e. The molecule has 0 bridgehead atoms. The summed E-state index contributed by atoms with van der Waals surface area (Å²) in [7, 11) is 2.52. The summed E-state index contributed by atoms with van der Waals surface area (Å²) in [5.74, 6) is -1.61. The Labute approximate surface area is 292 Å². The fourth-order valence-corrected chi connectivity index (χ4v) is 9.17. The number of benzene rings is 3. The van der Waals surface area contributed by atoms with E-state index in [2.05, 4.69) is 4.90 Å². The van der Waals surface area contributed by atoms with E-state index in [1.807, 2.05) is 6.07 Å². The Kier molecular flexibility index (Phi) is 9.83. The molecule has 1 N–H and O–H groups in total. The van der Waals surface area contributed by atoms with Gasteiger partial charge in [-0.1, -0.05) is 6.07 Å². The summed E-state index contributed by atoms with van der Waals surface area (Å²) in [6.07, 6.45) is 1.77. The van der Waals surface area contributed by atoms with E-state index in [9.17, 15) is 18.3 Å². The number of carbonyl (C=O) groups excluding carboxylic acids is 2. The molecule has 0 saturated carbocycles. The molecule has 0 aromatic heterocycles. The van der Waals surface area contributed by atoms with Crippen LogP contribution in [0.25, 0.3) is 0 Å². The number of aliphatic hydroxyl groups is 1. The predicted octanol–water partition coefficient (Wildman–Crippen LogP) is 2.99. The number of β-amino-alcohol motifs (C(OH)–C–C–N with tert-alkyl or cyclic N) is 1. The van der Waals surface area contributed by atoms with Crippen molar-refractivity contribution in [1.82, 2.24) is 14.7 Å². The summed E-state index contributed by atoms with van der Waals surface area (Å²) in [5.41, 5.74) is -1.14. The molecule has 12 nitrogen and oxygen atoms in total. The molecule has 14 heteroatoms. The van der Waals surface area contributed by atoms with Gasteiger partial charge in [-0.3, -0.25) is 14.5 Å². The van der Waals surface area contributed by atoms with Gasteiger partial charge in [-0.15, -0.1) is 0 Å². The Morgan fingerprint density at radius 2 is 1.68 bits per heavy atom. The Balaban J connectivity index is 1.64. The van der Waals surface area contributed by atoms with Gasteiger partial charge in [0, 0.05) is 44.4 Å². The number of nitrogens with zero attached hydrogens (tertiary/aromatic N) is 4. The summed E-state index contributed by atoms with van der Waals surface area (Å²) >= 11 is 0. The zero-order valence-corrected chi connectivity index (χ0v) is 29.7. The number of halogens is 1. The minimum atomic E-state index is -4.76. The minimum absolute atomic E-state index is 0.000738. The zero-order chi connectivity index (χ0) is 36.0. The second-order valence-electron chi connectivity index (χ2n) is 13.1. The Hall–Kier alpha value is -4.24. The van der Waals surface area contributed by atoms with Crippen LogP contribution in [-0.2, 0) is 31.6 Å². The van der Waals surface area contributed by atoms with E-state index in [0.29, 0.717) is 16.5 Å². The first-order valence-corrected chi connectivity index (χ1v) is 18.0. The number of rotatable bonds is 11. The number of ether oxygens (including phenoxy) is 3. The maximum Gasteiger partial charge on any atom is 0.274 e. The quantitative estimate of drug-likeness (QED) is 0.317. The predicted molar refractivity (Wildman–Crippen MR) is 184 cm³/mol. The number of hydrogen-bond acceptors (Lipinski definition) is 10. The van der Waals surface area contributed by atoms with Gasteiger partial charge in [0.05, 0.1) is 39.2 Å². The molecular formula is C36H43FN4O8S. The fourth-order valence-electron chi connectivity index (χ4n) is 7.57. The van der Waals surface area contributed by atoms with Gasteiger partial charge in [0.25, 0.3) is 15.9 Å². The van der Waals surface area contributed by atoms with Gasteiger partial charge in [0.15, 0.2) is 5.54 Å². The topological polar surface area (TPSA) is 129 Å². The summed E-state index contributed by atoms with van der Waals surface area (Å²) in [4.78, 5) is 34.3. The van der Waals surface area contributed by atoms with Crippen molar-refractivity contribution in [2.75, 3.05) is 65.9 Å². The molecule has 6 rings (SSSR count). The molecular weight excluding hydrogens is 667 g/mol. The molecule has 0 aliphatic carbocycles. The van der Waals surface area contributed by atoms with Crippen molar-refractivity contribution < 1.29 is 41.7 Å². The number of hydrogen-bond donors (Lipinski definition) is 1. The number of fused-ring (bicyclic) bond motifs is 1. The van der Waals surface area contributed by atoms with Crippen LogP contribution in [0.5, 0.6) is 17.2 Å². The van der Waals surface area contributed by atoms with Crippen LogP contribution in [0.15, 0.2) is 59.5 Å². The average molecular weight is 711 g/mol. The van der Waals surface area contributed by atoms with Crippen molar-refractivity contribution in [3.8, 4) is 17.2 Å². The number of anilines is 1. The number of amides is 2. The maximum absolute atomic E-state index is 15.6. The molecule has 50 heavy (non-hydrogen) atoms. The van der Waals surface area contributed by atoms with Crippen LogP contribution in [0.1, 0.15) is 36.0 Å². The van der Waals surface area contributed by atoms with E-state index in [4.69, 9.17) is 14.2 Å². The monoisotopic (exact) mass is 710 g/mol. The van der Waals surface area contributed by atoms with Crippen molar-refractivity contribution in [1.29, 1.82) is 0 Å². The van der Waals surface area contributed by atoms with Gasteiger partial charge in [0.2, 0.25) is 5.91 Å². The molecule has 3 aliphatic heterocycles. The van der Waals surface area contributed by atoms with Gasteiger partial charge >= 0.3 is 0 Å². The van der Waals surface area contributed by atoms with E-state index in [0.717, 1.165) is 50.2 Å². The lowest BCUT2D eigenvalue weighted by molar-refractivity contribution is -0.138. The van der Waals surface area contributed by atoms with E-state index in [1.165, 1.54) is 55.4 Å². The van der Waals surface area contributed by atoms with Crippen molar-refractivity contribution >= 4 is 27.5 Å². The highest BCUT2D eigenvalue weighted by Gasteiger charge is 2.64. The molecule has 3 aromatic carbocycles. The maximum atomic E-state index is 15.6. The lowest BCUT2D eigenvalue weighted by Crippen LogP contribution is -2.59. The van der Waals surface area contributed by atoms with Gasteiger partial charge in [-0.05, 0) is 86.8 Å². The van der Waals surface area contributed by atoms with Crippen LogP contribution in [0.2, 0.25) is 0 Å². The number of likely N-dealkylation sites (N-methyl/N-ethyl adjacent to an activating group) is 1. The van der Waals surface area contributed by atoms with E-state index < -0.39 is 45.3 Å². The number of aliphatic hydroxyl groups excluding tert-OH is 1. The summed E-state index contributed by atoms with van der Waals surface area (Å²) in [6.45, 7) is 2.55. The Morgan fingerprint density at radius 1 is 0.960 bits per heavy atom. The highest BCUT2D eigenvalue weighted by molar-refractivity contribution is 7.93. The summed E-state index contributed by atoms with van der Waals surface area (Å²) < 4.78 is 62.3. The van der Waals surface area contributed by atoms with Crippen molar-refractivity contribution in [2.45, 2.75) is 48.3 Å². The Morgan fingerprint density at radius 3 is 2.34 bits per heavy atom. The first-order valence-electron chi connectivity index (χ1n) is 16.6. The molecule has 0 spiro atoms. The first kappa shape index (κ1) is 35.6. The van der Waals surface area contributed by atoms with E-state index in [1.54, 1.807) is 26.2 Å². The molecule has 2 fully saturated rings. The van der Waals surface area contributed by atoms with Crippen molar-refractivity contribution in [2.24, 2.45) is 0 Å². The minimum Gasteiger partial charge on any atom is -0.497 e. The summed E-state index contributed by atoms with van der Waals surface area (Å²) in [6, 6.07) is 11.9. The van der Waals surface area contributed by atoms with Crippen LogP contribution < -0.4 is 18.5 Å². The van der Waals surface area contributed by atoms with Crippen molar-refractivity contribution in [3.05, 3.63) is 77.1 Å². The van der Waals surface area contributed by atoms with Gasteiger partial charge in [-0.2, -0.15) is 0 Å². The lowest BCUT2D eigenvalue weighted by Gasteiger charge is -2.42.